The van der Waals surface area contributed by atoms with Gasteiger partial charge in [-0.1, -0.05) is 52.6 Å². The summed E-state index contributed by atoms with van der Waals surface area (Å²) in [5.41, 5.74) is 0.373. The van der Waals surface area contributed by atoms with Gasteiger partial charge in [0.25, 0.3) is 0 Å². The number of rotatable bonds is 9. The zero-order valence-corrected chi connectivity index (χ0v) is 13.4. The van der Waals surface area contributed by atoms with Crippen LogP contribution in [0.2, 0.25) is 0 Å². The molecule has 0 aliphatic carbocycles. The molecule has 92 valence electrons. The molecule has 0 spiro atoms. The van der Waals surface area contributed by atoms with Gasteiger partial charge in [0.05, 0.1) is 0 Å². The average Bonchev–Trinajstić information content (AvgIpc) is 2.24. The maximum Gasteiger partial charge on any atom is 0.0471 e. The van der Waals surface area contributed by atoms with Crippen molar-refractivity contribution in [1.29, 1.82) is 0 Å². The van der Waals surface area contributed by atoms with Gasteiger partial charge in [0, 0.05) is 23.9 Å². The molecule has 0 aliphatic rings. The van der Waals surface area contributed by atoms with Gasteiger partial charge in [0.15, 0.2) is 0 Å². The Kier molecular flexibility index (Phi) is 9.55. The van der Waals surface area contributed by atoms with Crippen molar-refractivity contribution in [3.05, 3.63) is 0 Å². The average molecular weight is 344 g/mol. The second kappa shape index (κ2) is 9.00. The van der Waals surface area contributed by atoms with Crippen molar-refractivity contribution >= 4 is 31.9 Å². The van der Waals surface area contributed by atoms with E-state index in [4.69, 9.17) is 4.74 Å². The molecule has 0 atom stereocenters. The second-order valence-electron chi connectivity index (χ2n) is 4.67. The Labute approximate surface area is 112 Å². The van der Waals surface area contributed by atoms with Crippen LogP contribution in [0.25, 0.3) is 0 Å². The fourth-order valence-electron chi connectivity index (χ4n) is 1.24. The molecular weight excluding hydrogens is 320 g/mol. The molecular formula is C12H24Br2O. The molecule has 3 heteroatoms. The summed E-state index contributed by atoms with van der Waals surface area (Å²) in [4.78, 5) is 0. The fourth-order valence-corrected chi connectivity index (χ4v) is 3.53. The highest BCUT2D eigenvalue weighted by molar-refractivity contribution is 9.09. The summed E-state index contributed by atoms with van der Waals surface area (Å²) in [5.74, 6) is 0.744. The lowest BCUT2D eigenvalue weighted by atomic mass is 9.87. The lowest BCUT2D eigenvalue weighted by Gasteiger charge is -2.28. The molecule has 0 aromatic heterocycles. The van der Waals surface area contributed by atoms with E-state index in [1.807, 2.05) is 0 Å². The molecule has 15 heavy (non-hydrogen) atoms. The topological polar surface area (TPSA) is 9.23 Å². The molecule has 0 aliphatic heterocycles. The third-order valence-electron chi connectivity index (χ3n) is 2.93. The summed E-state index contributed by atoms with van der Waals surface area (Å²) in [5, 5.41) is 2.10. The van der Waals surface area contributed by atoms with Crippen LogP contribution in [-0.4, -0.2) is 23.9 Å². The molecule has 0 saturated heterocycles. The summed E-state index contributed by atoms with van der Waals surface area (Å²) in [6.45, 7) is 8.50. The van der Waals surface area contributed by atoms with Gasteiger partial charge in [-0.25, -0.2) is 0 Å². The predicted molar refractivity (Wildman–Crippen MR) is 75.2 cm³/mol. The minimum absolute atomic E-state index is 0.373. The molecule has 1 nitrogen and oxygen atoms in total. The van der Waals surface area contributed by atoms with Crippen LogP contribution in [0.5, 0.6) is 0 Å². The van der Waals surface area contributed by atoms with Gasteiger partial charge >= 0.3 is 0 Å². The minimum Gasteiger partial charge on any atom is -0.381 e. The third kappa shape index (κ3) is 6.96. The van der Waals surface area contributed by atoms with Gasteiger partial charge in [0.1, 0.15) is 0 Å². The maximum atomic E-state index is 5.66. The Balaban J connectivity index is 3.63. The highest BCUT2D eigenvalue weighted by Crippen LogP contribution is 2.31. The van der Waals surface area contributed by atoms with Crippen LogP contribution < -0.4 is 0 Å². The van der Waals surface area contributed by atoms with E-state index in [2.05, 4.69) is 52.6 Å². The quantitative estimate of drug-likeness (QED) is 0.438. The SMILES string of the molecule is CCC(CBr)(CBr)CCOCCC(C)C. The largest absolute Gasteiger partial charge is 0.381 e. The van der Waals surface area contributed by atoms with E-state index in [0.717, 1.165) is 36.2 Å². The monoisotopic (exact) mass is 342 g/mol. The molecule has 0 heterocycles. The van der Waals surface area contributed by atoms with E-state index in [0.29, 0.717) is 5.41 Å². The molecule has 0 rings (SSSR count). The molecule has 0 bridgehead atoms. The second-order valence-corrected chi connectivity index (χ2v) is 5.79. The van der Waals surface area contributed by atoms with Crippen LogP contribution >= 0.6 is 31.9 Å². The molecule has 0 radical (unpaired) electrons. The van der Waals surface area contributed by atoms with Crippen molar-refractivity contribution in [3.8, 4) is 0 Å². The zero-order chi connectivity index (χ0) is 11.7. The van der Waals surface area contributed by atoms with Crippen molar-refractivity contribution in [2.24, 2.45) is 11.3 Å². The van der Waals surface area contributed by atoms with Crippen LogP contribution in [0.1, 0.15) is 40.0 Å². The smallest absolute Gasteiger partial charge is 0.0471 e. The first-order valence-electron chi connectivity index (χ1n) is 5.80. The predicted octanol–water partition coefficient (Wildman–Crippen LogP) is 4.63. The van der Waals surface area contributed by atoms with Crippen molar-refractivity contribution < 1.29 is 4.74 Å². The first-order chi connectivity index (χ1) is 7.10. The van der Waals surface area contributed by atoms with Crippen LogP contribution in [0.4, 0.5) is 0 Å². The van der Waals surface area contributed by atoms with Crippen molar-refractivity contribution in [2.75, 3.05) is 23.9 Å². The van der Waals surface area contributed by atoms with Crippen LogP contribution in [0.15, 0.2) is 0 Å². The summed E-state index contributed by atoms with van der Waals surface area (Å²) >= 11 is 7.20. The Hall–Kier alpha value is 0.920. The van der Waals surface area contributed by atoms with Crippen LogP contribution in [0.3, 0.4) is 0 Å². The number of hydrogen-bond donors (Lipinski definition) is 0. The molecule has 0 unspecified atom stereocenters. The highest BCUT2D eigenvalue weighted by atomic mass is 79.9. The van der Waals surface area contributed by atoms with Crippen LogP contribution in [0, 0.1) is 11.3 Å². The zero-order valence-electron chi connectivity index (χ0n) is 10.2. The summed E-state index contributed by atoms with van der Waals surface area (Å²) in [6.07, 6.45) is 3.50. The van der Waals surface area contributed by atoms with Gasteiger partial charge in [-0.15, -0.1) is 0 Å². The van der Waals surface area contributed by atoms with Gasteiger partial charge in [-0.2, -0.15) is 0 Å². The van der Waals surface area contributed by atoms with Gasteiger partial charge in [-0.05, 0) is 30.6 Å². The summed E-state index contributed by atoms with van der Waals surface area (Å²) < 4.78 is 5.66. The molecule has 0 aromatic rings. The van der Waals surface area contributed by atoms with E-state index in [-0.39, 0.29) is 0 Å². The van der Waals surface area contributed by atoms with Crippen LogP contribution in [-0.2, 0) is 4.74 Å². The summed E-state index contributed by atoms with van der Waals surface area (Å²) in [6, 6.07) is 0. The lowest BCUT2D eigenvalue weighted by molar-refractivity contribution is 0.0975. The fraction of sp³-hybridized carbons (Fsp3) is 1.00. The molecule has 0 N–H and O–H groups in total. The standard InChI is InChI=1S/C12H24Br2O/c1-4-12(9-13,10-14)6-8-15-7-5-11(2)3/h11H,4-10H2,1-3H3. The Morgan fingerprint density at radius 2 is 1.73 bits per heavy atom. The molecule has 0 aromatic carbocycles. The Bertz CT molecular complexity index is 136. The molecule has 0 saturated carbocycles. The van der Waals surface area contributed by atoms with Gasteiger partial charge in [0.2, 0.25) is 0 Å². The van der Waals surface area contributed by atoms with E-state index >= 15 is 0 Å². The van der Waals surface area contributed by atoms with E-state index < -0.39 is 0 Å². The first-order valence-corrected chi connectivity index (χ1v) is 8.04. The van der Waals surface area contributed by atoms with Crippen molar-refractivity contribution in [2.45, 2.75) is 40.0 Å². The number of ether oxygens (including phenoxy) is 1. The van der Waals surface area contributed by atoms with Crippen molar-refractivity contribution in [1.82, 2.24) is 0 Å². The van der Waals surface area contributed by atoms with Gasteiger partial charge < -0.3 is 4.74 Å². The van der Waals surface area contributed by atoms with Crippen molar-refractivity contribution in [3.63, 3.8) is 0 Å². The number of hydrogen-bond acceptors (Lipinski definition) is 1. The molecule has 0 fully saturated rings. The van der Waals surface area contributed by atoms with E-state index in [1.165, 1.54) is 12.8 Å². The maximum absolute atomic E-state index is 5.66. The van der Waals surface area contributed by atoms with Gasteiger partial charge in [-0.3, -0.25) is 0 Å². The highest BCUT2D eigenvalue weighted by Gasteiger charge is 2.25. The third-order valence-corrected chi connectivity index (χ3v) is 5.31. The first kappa shape index (κ1) is 15.9. The van der Waals surface area contributed by atoms with E-state index in [1.54, 1.807) is 0 Å². The lowest BCUT2D eigenvalue weighted by Crippen LogP contribution is -2.25. The number of halogens is 2. The summed E-state index contributed by atoms with van der Waals surface area (Å²) in [7, 11) is 0. The normalized spacial score (nSPS) is 12.4. The Morgan fingerprint density at radius 1 is 1.13 bits per heavy atom. The Morgan fingerprint density at radius 3 is 2.13 bits per heavy atom. The molecule has 0 amide bonds. The minimum atomic E-state index is 0.373. The number of alkyl halides is 2. The van der Waals surface area contributed by atoms with E-state index in [9.17, 15) is 0 Å².